The largest absolute Gasteiger partial charge is 0.325 e. The molecule has 1 saturated heterocycles. The van der Waals surface area contributed by atoms with Crippen LogP contribution < -0.4 is 10.6 Å². The summed E-state index contributed by atoms with van der Waals surface area (Å²) in [5, 5.41) is 4.61. The lowest BCUT2D eigenvalue weighted by molar-refractivity contribution is -0.133. The van der Waals surface area contributed by atoms with Crippen molar-refractivity contribution in [2.24, 2.45) is 0 Å². The molecule has 2 aromatic rings. The van der Waals surface area contributed by atoms with Crippen LogP contribution in [-0.2, 0) is 16.0 Å². The average molecular weight is 405 g/mol. The molecule has 3 rings (SSSR count). The Bertz CT molecular complexity index is 968. The van der Waals surface area contributed by atoms with Crippen LogP contribution in [0.5, 0.6) is 0 Å². The molecule has 0 aliphatic carbocycles. The van der Waals surface area contributed by atoms with E-state index < -0.39 is 53.1 Å². The molecule has 29 heavy (non-hydrogen) atoms. The fourth-order valence-corrected chi connectivity index (χ4v) is 3.05. The molecule has 2 N–H and O–H groups in total. The van der Waals surface area contributed by atoms with E-state index in [1.807, 2.05) is 35.6 Å². The zero-order chi connectivity index (χ0) is 21.2. The second-order valence-electron chi connectivity index (χ2n) is 6.91. The number of carbonyl (C=O) groups is 3. The fourth-order valence-electron chi connectivity index (χ4n) is 3.05. The van der Waals surface area contributed by atoms with Crippen LogP contribution in [0.25, 0.3) is 0 Å². The summed E-state index contributed by atoms with van der Waals surface area (Å²) in [6.45, 7) is 0.868. The molecule has 1 aliphatic rings. The van der Waals surface area contributed by atoms with Crippen LogP contribution >= 0.6 is 0 Å². The molecule has 4 amide bonds. The summed E-state index contributed by atoms with van der Waals surface area (Å²) in [7, 11) is 0. The van der Waals surface area contributed by atoms with Gasteiger partial charge in [-0.1, -0.05) is 30.3 Å². The molecule has 0 bridgehead atoms. The zero-order valence-corrected chi connectivity index (χ0v) is 15.5. The Morgan fingerprint density at radius 3 is 2.45 bits per heavy atom. The third kappa shape index (κ3) is 4.23. The Hall–Kier alpha value is -3.36. The normalized spacial score (nSPS) is 18.7. The highest BCUT2D eigenvalue weighted by Crippen LogP contribution is 2.24. The van der Waals surface area contributed by atoms with Crippen LogP contribution in [0.1, 0.15) is 18.9 Å². The predicted octanol–water partition coefficient (Wildman–Crippen LogP) is 2.99. The highest BCUT2D eigenvalue weighted by molar-refractivity contribution is 6.09. The first-order valence-corrected chi connectivity index (χ1v) is 8.82. The van der Waals surface area contributed by atoms with E-state index in [1.165, 1.54) is 0 Å². The molecule has 1 atom stereocenters. The first kappa shape index (κ1) is 20.4. The number of hydrogen-bond acceptors (Lipinski definition) is 3. The second kappa shape index (κ2) is 7.94. The molecule has 6 nitrogen and oxygen atoms in total. The van der Waals surface area contributed by atoms with Gasteiger partial charge < -0.3 is 10.6 Å². The van der Waals surface area contributed by atoms with Gasteiger partial charge in [0.15, 0.2) is 17.5 Å². The third-order valence-corrected chi connectivity index (χ3v) is 4.71. The number of rotatable bonds is 6. The predicted molar refractivity (Wildman–Crippen MR) is 98.4 cm³/mol. The van der Waals surface area contributed by atoms with E-state index in [-0.39, 0.29) is 0 Å². The number of nitrogens with zero attached hydrogens (tertiary/aromatic N) is 1. The molecule has 2 aromatic carbocycles. The number of anilines is 1. The minimum atomic E-state index is -1.73. The van der Waals surface area contributed by atoms with Crippen molar-refractivity contribution in [1.82, 2.24) is 10.2 Å². The first-order valence-electron chi connectivity index (χ1n) is 8.82. The van der Waals surface area contributed by atoms with Crippen LogP contribution in [0.15, 0.2) is 42.5 Å². The number of benzene rings is 2. The lowest BCUT2D eigenvalue weighted by atomic mass is 9.93. The standard InChI is InChI=1S/C20H18F3N3O3/c1-20(10-9-12-5-3-2-4-6-12)18(28)26(19(29)25-20)11-15(27)24-14-8-7-13(21)16(22)17(14)23/h2-8H,9-11H2,1H3,(H,24,27)(H,25,29). The van der Waals surface area contributed by atoms with Gasteiger partial charge >= 0.3 is 6.03 Å². The Morgan fingerprint density at radius 2 is 1.76 bits per heavy atom. The molecule has 9 heteroatoms. The molecule has 0 radical (unpaired) electrons. The van der Waals surface area contributed by atoms with Crippen LogP contribution in [0, 0.1) is 17.5 Å². The molecule has 0 aromatic heterocycles. The number of halogens is 3. The topological polar surface area (TPSA) is 78.5 Å². The summed E-state index contributed by atoms with van der Waals surface area (Å²) in [5.74, 6) is -6.22. The maximum Gasteiger partial charge on any atom is 0.325 e. The van der Waals surface area contributed by atoms with Crippen molar-refractivity contribution in [3.05, 3.63) is 65.5 Å². The minimum absolute atomic E-state index is 0.317. The monoisotopic (exact) mass is 405 g/mol. The molecule has 0 spiro atoms. The van der Waals surface area contributed by atoms with E-state index >= 15 is 0 Å². The summed E-state index contributed by atoms with van der Waals surface area (Å²) >= 11 is 0. The molecule has 1 fully saturated rings. The number of urea groups is 1. The van der Waals surface area contributed by atoms with Crippen molar-refractivity contribution in [2.45, 2.75) is 25.3 Å². The van der Waals surface area contributed by atoms with Crippen LogP contribution in [0.2, 0.25) is 0 Å². The molecule has 1 unspecified atom stereocenters. The van der Waals surface area contributed by atoms with Crippen LogP contribution in [0.4, 0.5) is 23.7 Å². The minimum Gasteiger partial charge on any atom is -0.323 e. The van der Waals surface area contributed by atoms with Crippen molar-refractivity contribution < 1.29 is 27.6 Å². The number of aryl methyl sites for hydroxylation is 1. The summed E-state index contributed by atoms with van der Waals surface area (Å²) < 4.78 is 39.9. The van der Waals surface area contributed by atoms with E-state index in [4.69, 9.17) is 0 Å². The highest BCUT2D eigenvalue weighted by atomic mass is 19.2. The molecular weight excluding hydrogens is 387 g/mol. The van der Waals surface area contributed by atoms with Gasteiger partial charge in [-0.3, -0.25) is 14.5 Å². The van der Waals surface area contributed by atoms with Gasteiger partial charge in [0.25, 0.3) is 5.91 Å². The van der Waals surface area contributed by atoms with Gasteiger partial charge in [-0.05, 0) is 37.5 Å². The fraction of sp³-hybridized carbons (Fsp3) is 0.250. The van der Waals surface area contributed by atoms with E-state index in [0.29, 0.717) is 23.8 Å². The first-order chi connectivity index (χ1) is 13.7. The summed E-state index contributed by atoms with van der Waals surface area (Å²) in [4.78, 5) is 37.7. The average Bonchev–Trinajstić information content (AvgIpc) is 2.91. The second-order valence-corrected chi connectivity index (χ2v) is 6.91. The van der Waals surface area contributed by atoms with E-state index in [0.717, 1.165) is 11.6 Å². The Morgan fingerprint density at radius 1 is 1.07 bits per heavy atom. The van der Waals surface area contributed by atoms with Gasteiger partial charge in [-0.2, -0.15) is 0 Å². The SMILES string of the molecule is CC1(CCc2ccccc2)NC(=O)N(CC(=O)Nc2ccc(F)c(F)c2F)C1=O. The summed E-state index contributed by atoms with van der Waals surface area (Å²) in [5.41, 5.74) is -0.797. The highest BCUT2D eigenvalue weighted by Gasteiger charge is 2.47. The number of imide groups is 1. The summed E-state index contributed by atoms with van der Waals surface area (Å²) in [6.07, 6.45) is 0.848. The van der Waals surface area contributed by atoms with Gasteiger partial charge in [0.2, 0.25) is 5.91 Å². The molecule has 1 aliphatic heterocycles. The number of hydrogen-bond donors (Lipinski definition) is 2. The number of nitrogens with one attached hydrogen (secondary N) is 2. The van der Waals surface area contributed by atoms with Gasteiger partial charge in [-0.25, -0.2) is 18.0 Å². The molecular formula is C20H18F3N3O3. The van der Waals surface area contributed by atoms with Gasteiger partial charge in [-0.15, -0.1) is 0 Å². The smallest absolute Gasteiger partial charge is 0.323 e. The van der Waals surface area contributed by atoms with Crippen molar-refractivity contribution >= 4 is 23.5 Å². The summed E-state index contributed by atoms with van der Waals surface area (Å²) in [6, 6.07) is 10.1. The maximum atomic E-state index is 13.7. The molecule has 0 saturated carbocycles. The Labute approximate surface area is 164 Å². The van der Waals surface area contributed by atoms with Crippen molar-refractivity contribution in [3.8, 4) is 0 Å². The zero-order valence-electron chi connectivity index (χ0n) is 15.5. The van der Waals surface area contributed by atoms with E-state index in [2.05, 4.69) is 5.32 Å². The van der Waals surface area contributed by atoms with Gasteiger partial charge in [0.1, 0.15) is 12.1 Å². The van der Waals surface area contributed by atoms with Gasteiger partial charge in [0.05, 0.1) is 5.69 Å². The van der Waals surface area contributed by atoms with Crippen LogP contribution in [-0.4, -0.2) is 34.8 Å². The van der Waals surface area contributed by atoms with Crippen molar-refractivity contribution in [3.63, 3.8) is 0 Å². The molecule has 1 heterocycles. The maximum absolute atomic E-state index is 13.7. The number of amides is 4. The number of carbonyl (C=O) groups excluding carboxylic acids is 3. The van der Waals surface area contributed by atoms with Crippen molar-refractivity contribution in [1.29, 1.82) is 0 Å². The lowest BCUT2D eigenvalue weighted by Crippen LogP contribution is -2.45. The quantitative estimate of drug-likeness (QED) is 0.573. The Kier molecular flexibility index (Phi) is 5.58. The van der Waals surface area contributed by atoms with E-state index in [1.54, 1.807) is 6.92 Å². The van der Waals surface area contributed by atoms with Gasteiger partial charge in [0, 0.05) is 0 Å². The third-order valence-electron chi connectivity index (χ3n) is 4.71. The van der Waals surface area contributed by atoms with E-state index in [9.17, 15) is 27.6 Å². The Balaban J connectivity index is 1.65. The van der Waals surface area contributed by atoms with Crippen LogP contribution in [0.3, 0.4) is 0 Å². The van der Waals surface area contributed by atoms with Crippen molar-refractivity contribution in [2.75, 3.05) is 11.9 Å². The lowest BCUT2D eigenvalue weighted by Gasteiger charge is -2.21. The molecule has 152 valence electrons.